The number of halogens is 1. The molecule has 2 rings (SSSR count). The summed E-state index contributed by atoms with van der Waals surface area (Å²) in [5.41, 5.74) is 0.571. The summed E-state index contributed by atoms with van der Waals surface area (Å²) in [5, 5.41) is 2.87. The zero-order valence-corrected chi connectivity index (χ0v) is 11.4. The summed E-state index contributed by atoms with van der Waals surface area (Å²) in [6.07, 6.45) is 1.46. The van der Waals surface area contributed by atoms with Crippen LogP contribution in [0.25, 0.3) is 0 Å². The Morgan fingerprint density at radius 2 is 2.17 bits per heavy atom. The maximum atomic E-state index is 13.3. The van der Waals surface area contributed by atoms with E-state index in [2.05, 4.69) is 5.32 Å². The topological polar surface area (TPSA) is 46.2 Å². The molecule has 3 nitrogen and oxygen atoms in total. The number of nitrogens with one attached hydrogen (secondary N) is 1. The highest BCUT2D eigenvalue weighted by molar-refractivity contribution is 7.92. The number of hydrogen-bond acceptors (Lipinski definition) is 3. The van der Waals surface area contributed by atoms with Crippen LogP contribution in [0, 0.1) is 5.82 Å². The van der Waals surface area contributed by atoms with Gasteiger partial charge in [-0.2, -0.15) is 0 Å². The molecule has 1 N–H and O–H groups in total. The molecule has 0 saturated carbocycles. The molecule has 1 aliphatic rings. The number of rotatable bonds is 3. The second kappa shape index (κ2) is 4.97. The van der Waals surface area contributed by atoms with E-state index in [1.54, 1.807) is 6.92 Å². The summed E-state index contributed by atoms with van der Waals surface area (Å²) in [6.45, 7) is 4.55. The summed E-state index contributed by atoms with van der Waals surface area (Å²) in [4.78, 5) is 0.274. The Hall–Kier alpha value is -0.940. The first-order valence-electron chi connectivity index (χ1n) is 6.23. The van der Waals surface area contributed by atoms with Crippen LogP contribution in [0.15, 0.2) is 23.1 Å². The monoisotopic (exact) mass is 271 g/mol. The van der Waals surface area contributed by atoms with Crippen LogP contribution in [0.3, 0.4) is 0 Å². The number of fused-ring (bicyclic) bond motifs is 1. The molecular weight excluding hydrogens is 253 g/mol. The Balaban J connectivity index is 2.48. The predicted octanol–water partition coefficient (Wildman–Crippen LogP) is 2.43. The average molecular weight is 271 g/mol. The van der Waals surface area contributed by atoms with Crippen molar-refractivity contribution in [1.82, 2.24) is 5.32 Å². The highest BCUT2D eigenvalue weighted by Crippen LogP contribution is 2.36. The molecule has 0 amide bonds. The Morgan fingerprint density at radius 3 is 2.83 bits per heavy atom. The van der Waals surface area contributed by atoms with E-state index < -0.39 is 15.1 Å². The molecular formula is C13H18FNO2S. The average Bonchev–Trinajstić information content (AvgIpc) is 2.32. The molecule has 100 valence electrons. The second-order valence-corrected chi connectivity index (χ2v) is 7.11. The first-order valence-corrected chi connectivity index (χ1v) is 7.78. The number of benzene rings is 1. The molecule has 0 aromatic heterocycles. The Labute approximate surface area is 107 Å². The largest absolute Gasteiger partial charge is 0.310 e. The third-order valence-electron chi connectivity index (χ3n) is 3.39. The SMILES string of the molecule is CCCNC1CC(C)S(=O)(=O)c2ccc(F)cc21. The second-order valence-electron chi connectivity index (χ2n) is 4.78. The fourth-order valence-electron chi connectivity index (χ4n) is 2.36. The fraction of sp³-hybridized carbons (Fsp3) is 0.538. The summed E-state index contributed by atoms with van der Waals surface area (Å²) >= 11 is 0. The van der Waals surface area contributed by atoms with Crippen LogP contribution >= 0.6 is 0 Å². The Morgan fingerprint density at radius 1 is 1.44 bits per heavy atom. The van der Waals surface area contributed by atoms with Crippen molar-refractivity contribution >= 4 is 9.84 Å². The molecule has 0 saturated heterocycles. The lowest BCUT2D eigenvalue weighted by molar-refractivity contribution is 0.460. The van der Waals surface area contributed by atoms with Crippen LogP contribution < -0.4 is 5.32 Å². The standard InChI is InChI=1S/C13H18FNO2S/c1-3-6-15-12-7-9(2)18(16,17)13-5-4-10(14)8-11(12)13/h4-5,8-9,12,15H,3,6-7H2,1-2H3. The van der Waals surface area contributed by atoms with Crippen molar-refractivity contribution in [1.29, 1.82) is 0 Å². The van der Waals surface area contributed by atoms with Crippen LogP contribution in [0.5, 0.6) is 0 Å². The first-order chi connectivity index (χ1) is 8.46. The molecule has 1 aromatic carbocycles. The van der Waals surface area contributed by atoms with Gasteiger partial charge in [-0.3, -0.25) is 0 Å². The van der Waals surface area contributed by atoms with Crippen molar-refractivity contribution in [2.45, 2.75) is 42.9 Å². The summed E-state index contributed by atoms with van der Waals surface area (Å²) < 4.78 is 37.7. The van der Waals surface area contributed by atoms with Crippen molar-refractivity contribution in [2.75, 3.05) is 6.54 Å². The summed E-state index contributed by atoms with van der Waals surface area (Å²) in [7, 11) is -3.30. The van der Waals surface area contributed by atoms with Crippen LogP contribution in [0.4, 0.5) is 4.39 Å². The van der Waals surface area contributed by atoms with E-state index >= 15 is 0 Å². The van der Waals surface area contributed by atoms with Gasteiger partial charge in [-0.05, 0) is 50.1 Å². The number of sulfone groups is 1. The van der Waals surface area contributed by atoms with E-state index in [0.29, 0.717) is 12.0 Å². The molecule has 1 aromatic rings. The molecule has 0 radical (unpaired) electrons. The molecule has 0 aliphatic carbocycles. The number of hydrogen-bond donors (Lipinski definition) is 1. The zero-order valence-electron chi connectivity index (χ0n) is 10.6. The van der Waals surface area contributed by atoms with Crippen LogP contribution in [-0.2, 0) is 9.84 Å². The van der Waals surface area contributed by atoms with Gasteiger partial charge in [0.1, 0.15) is 5.82 Å². The first kappa shape index (κ1) is 13.5. The normalized spacial score (nSPS) is 25.7. The van der Waals surface area contributed by atoms with Gasteiger partial charge in [0.25, 0.3) is 0 Å². The minimum Gasteiger partial charge on any atom is -0.310 e. The summed E-state index contributed by atoms with van der Waals surface area (Å²) in [6, 6.07) is 3.86. The van der Waals surface area contributed by atoms with E-state index in [1.807, 2.05) is 6.92 Å². The molecule has 0 bridgehead atoms. The van der Waals surface area contributed by atoms with Gasteiger partial charge >= 0.3 is 0 Å². The lowest BCUT2D eigenvalue weighted by Gasteiger charge is -2.30. The van der Waals surface area contributed by atoms with E-state index in [0.717, 1.165) is 13.0 Å². The summed E-state index contributed by atoms with van der Waals surface area (Å²) in [5.74, 6) is -0.387. The zero-order chi connectivity index (χ0) is 13.3. The molecule has 2 unspecified atom stereocenters. The molecule has 1 aliphatic heterocycles. The highest BCUT2D eigenvalue weighted by atomic mass is 32.2. The van der Waals surface area contributed by atoms with E-state index in [9.17, 15) is 12.8 Å². The minimum absolute atomic E-state index is 0.0748. The quantitative estimate of drug-likeness (QED) is 0.859. The van der Waals surface area contributed by atoms with Crippen LogP contribution in [0.2, 0.25) is 0 Å². The van der Waals surface area contributed by atoms with Gasteiger partial charge in [0, 0.05) is 6.04 Å². The molecule has 0 spiro atoms. The third kappa shape index (κ3) is 2.29. The maximum absolute atomic E-state index is 13.3. The molecule has 1 heterocycles. The van der Waals surface area contributed by atoms with E-state index in [4.69, 9.17) is 0 Å². The van der Waals surface area contributed by atoms with Gasteiger partial charge in [0.05, 0.1) is 10.1 Å². The highest BCUT2D eigenvalue weighted by Gasteiger charge is 2.35. The Kier molecular flexibility index (Phi) is 3.73. The molecule has 2 atom stereocenters. The molecule has 18 heavy (non-hydrogen) atoms. The van der Waals surface area contributed by atoms with Gasteiger partial charge in [-0.25, -0.2) is 12.8 Å². The lowest BCUT2D eigenvalue weighted by Crippen LogP contribution is -2.34. The smallest absolute Gasteiger partial charge is 0.181 e. The van der Waals surface area contributed by atoms with Crippen LogP contribution in [-0.4, -0.2) is 20.2 Å². The molecule has 5 heteroatoms. The van der Waals surface area contributed by atoms with E-state index in [-0.39, 0.29) is 16.8 Å². The van der Waals surface area contributed by atoms with Crippen molar-refractivity contribution in [2.24, 2.45) is 0 Å². The predicted molar refractivity (Wildman–Crippen MR) is 68.7 cm³/mol. The van der Waals surface area contributed by atoms with E-state index in [1.165, 1.54) is 18.2 Å². The molecule has 0 fully saturated rings. The lowest BCUT2D eigenvalue weighted by atomic mass is 10.0. The maximum Gasteiger partial charge on any atom is 0.181 e. The van der Waals surface area contributed by atoms with Crippen molar-refractivity contribution < 1.29 is 12.8 Å². The van der Waals surface area contributed by atoms with Crippen molar-refractivity contribution in [3.63, 3.8) is 0 Å². The van der Waals surface area contributed by atoms with Gasteiger partial charge < -0.3 is 5.32 Å². The minimum atomic E-state index is -3.30. The fourth-order valence-corrected chi connectivity index (χ4v) is 4.03. The third-order valence-corrected chi connectivity index (χ3v) is 5.63. The Bertz CT molecular complexity index is 542. The van der Waals surface area contributed by atoms with Crippen molar-refractivity contribution in [3.8, 4) is 0 Å². The van der Waals surface area contributed by atoms with Gasteiger partial charge in [-0.1, -0.05) is 6.92 Å². The van der Waals surface area contributed by atoms with Gasteiger partial charge in [0.2, 0.25) is 0 Å². The van der Waals surface area contributed by atoms with Crippen LogP contribution in [0.1, 0.15) is 38.3 Å². The van der Waals surface area contributed by atoms with Gasteiger partial charge in [-0.15, -0.1) is 0 Å². The van der Waals surface area contributed by atoms with Gasteiger partial charge in [0.15, 0.2) is 9.84 Å². The van der Waals surface area contributed by atoms with Crippen molar-refractivity contribution in [3.05, 3.63) is 29.6 Å².